The van der Waals surface area contributed by atoms with E-state index in [9.17, 15) is 4.39 Å². The van der Waals surface area contributed by atoms with E-state index >= 15 is 0 Å². The molecular weight excluding hydrogens is 253 g/mol. The Morgan fingerprint density at radius 3 is 2.80 bits per heavy atom. The maximum Gasteiger partial charge on any atom is 0.127 e. The molecule has 1 aliphatic carbocycles. The molecule has 1 N–H and O–H groups in total. The predicted molar refractivity (Wildman–Crippen MR) is 74.6 cm³/mol. The van der Waals surface area contributed by atoms with Gasteiger partial charge in [0.25, 0.3) is 0 Å². The summed E-state index contributed by atoms with van der Waals surface area (Å²) in [5.74, 6) is -0.134. The number of halogens is 1. The molecule has 2 heterocycles. The fraction of sp³-hybridized carbons (Fsp3) is 0.125. The molecule has 0 fully saturated rings. The van der Waals surface area contributed by atoms with Crippen molar-refractivity contribution in [1.82, 2.24) is 15.2 Å². The summed E-state index contributed by atoms with van der Waals surface area (Å²) in [6.07, 6.45) is 5.05. The van der Waals surface area contributed by atoms with Crippen LogP contribution >= 0.6 is 0 Å². The molecule has 1 aromatic carbocycles. The van der Waals surface area contributed by atoms with Crippen molar-refractivity contribution in [3.05, 3.63) is 59.7 Å². The Hall–Kier alpha value is -2.49. The van der Waals surface area contributed by atoms with Gasteiger partial charge in [0.2, 0.25) is 0 Å². The SMILES string of the molecule is Fc1cccc2c1CCc1c(-c3cccnc3)n[nH]c1-2. The van der Waals surface area contributed by atoms with Crippen LogP contribution in [0.25, 0.3) is 22.5 Å². The van der Waals surface area contributed by atoms with Gasteiger partial charge in [-0.2, -0.15) is 5.10 Å². The van der Waals surface area contributed by atoms with Crippen molar-refractivity contribution in [2.24, 2.45) is 0 Å². The average molecular weight is 265 g/mol. The molecule has 0 saturated heterocycles. The lowest BCUT2D eigenvalue weighted by atomic mass is 9.88. The minimum absolute atomic E-state index is 0.134. The van der Waals surface area contributed by atoms with Gasteiger partial charge in [0, 0.05) is 29.1 Å². The summed E-state index contributed by atoms with van der Waals surface area (Å²) < 4.78 is 13.9. The third kappa shape index (κ3) is 1.58. The summed E-state index contributed by atoms with van der Waals surface area (Å²) >= 11 is 0. The number of nitrogens with zero attached hydrogens (tertiary/aromatic N) is 2. The van der Waals surface area contributed by atoms with E-state index in [4.69, 9.17) is 0 Å². The highest BCUT2D eigenvalue weighted by Gasteiger charge is 2.24. The van der Waals surface area contributed by atoms with Gasteiger partial charge in [-0.3, -0.25) is 10.1 Å². The molecule has 0 amide bonds. The lowest BCUT2D eigenvalue weighted by Gasteiger charge is -2.17. The second-order valence-electron chi connectivity index (χ2n) is 4.93. The first-order valence-corrected chi connectivity index (χ1v) is 6.60. The van der Waals surface area contributed by atoms with Gasteiger partial charge in [0.15, 0.2) is 0 Å². The molecule has 0 atom stereocenters. The Bertz CT molecular complexity index is 778. The van der Waals surface area contributed by atoms with Gasteiger partial charge >= 0.3 is 0 Å². The number of pyridine rings is 1. The number of H-pyrrole nitrogens is 1. The van der Waals surface area contributed by atoms with Crippen LogP contribution in [0.3, 0.4) is 0 Å². The van der Waals surface area contributed by atoms with Crippen molar-refractivity contribution >= 4 is 0 Å². The normalized spacial score (nSPS) is 12.8. The second-order valence-corrected chi connectivity index (χ2v) is 4.93. The molecule has 2 aromatic heterocycles. The molecular formula is C16H12FN3. The van der Waals surface area contributed by atoms with E-state index in [1.165, 1.54) is 6.07 Å². The molecule has 0 aliphatic heterocycles. The largest absolute Gasteiger partial charge is 0.277 e. The van der Waals surface area contributed by atoms with Gasteiger partial charge in [0.05, 0.1) is 11.4 Å². The number of nitrogens with one attached hydrogen (secondary N) is 1. The summed E-state index contributed by atoms with van der Waals surface area (Å²) in [4.78, 5) is 4.13. The van der Waals surface area contributed by atoms with E-state index in [-0.39, 0.29) is 5.82 Å². The van der Waals surface area contributed by atoms with E-state index in [1.54, 1.807) is 18.5 Å². The predicted octanol–water partition coefficient (Wildman–Crippen LogP) is 3.38. The van der Waals surface area contributed by atoms with E-state index < -0.39 is 0 Å². The number of benzene rings is 1. The lowest BCUT2D eigenvalue weighted by Crippen LogP contribution is -2.05. The van der Waals surface area contributed by atoms with Gasteiger partial charge in [-0.15, -0.1) is 0 Å². The van der Waals surface area contributed by atoms with Crippen molar-refractivity contribution in [2.45, 2.75) is 12.8 Å². The van der Waals surface area contributed by atoms with Crippen LogP contribution in [-0.4, -0.2) is 15.2 Å². The Morgan fingerprint density at radius 2 is 1.95 bits per heavy atom. The quantitative estimate of drug-likeness (QED) is 0.733. The van der Waals surface area contributed by atoms with Gasteiger partial charge in [0.1, 0.15) is 5.82 Å². The highest BCUT2D eigenvalue weighted by Crippen LogP contribution is 2.37. The van der Waals surface area contributed by atoms with Crippen molar-refractivity contribution < 1.29 is 4.39 Å². The smallest absolute Gasteiger partial charge is 0.127 e. The van der Waals surface area contributed by atoms with Crippen LogP contribution in [0.2, 0.25) is 0 Å². The molecule has 98 valence electrons. The lowest BCUT2D eigenvalue weighted by molar-refractivity contribution is 0.608. The fourth-order valence-corrected chi connectivity index (χ4v) is 2.87. The zero-order valence-corrected chi connectivity index (χ0v) is 10.7. The molecule has 20 heavy (non-hydrogen) atoms. The minimum Gasteiger partial charge on any atom is -0.277 e. The third-order valence-corrected chi connectivity index (χ3v) is 3.82. The zero-order chi connectivity index (χ0) is 13.5. The van der Waals surface area contributed by atoms with Crippen LogP contribution in [0.4, 0.5) is 4.39 Å². The molecule has 0 bridgehead atoms. The number of aromatic amines is 1. The van der Waals surface area contributed by atoms with E-state index in [1.807, 2.05) is 18.2 Å². The van der Waals surface area contributed by atoms with Gasteiger partial charge in [-0.1, -0.05) is 12.1 Å². The summed E-state index contributed by atoms with van der Waals surface area (Å²) in [5.41, 5.74) is 5.70. The van der Waals surface area contributed by atoms with Crippen LogP contribution in [0.15, 0.2) is 42.7 Å². The molecule has 4 rings (SSSR count). The molecule has 0 unspecified atom stereocenters. The summed E-state index contributed by atoms with van der Waals surface area (Å²) in [5, 5.41) is 7.47. The topological polar surface area (TPSA) is 41.6 Å². The number of fused-ring (bicyclic) bond motifs is 3. The van der Waals surface area contributed by atoms with Crippen molar-refractivity contribution in [1.29, 1.82) is 0 Å². The highest BCUT2D eigenvalue weighted by molar-refractivity contribution is 5.77. The molecule has 1 aliphatic rings. The fourth-order valence-electron chi connectivity index (χ4n) is 2.87. The van der Waals surface area contributed by atoms with Crippen molar-refractivity contribution in [3.8, 4) is 22.5 Å². The monoisotopic (exact) mass is 265 g/mol. The molecule has 0 radical (unpaired) electrons. The van der Waals surface area contributed by atoms with Crippen molar-refractivity contribution in [3.63, 3.8) is 0 Å². The van der Waals surface area contributed by atoms with Gasteiger partial charge < -0.3 is 0 Å². The number of rotatable bonds is 1. The average Bonchev–Trinajstić information content (AvgIpc) is 2.93. The zero-order valence-electron chi connectivity index (χ0n) is 10.7. The standard InChI is InChI=1S/C16H12FN3/c17-14-5-1-4-12-11(14)6-7-13-15(19-20-16(12)13)10-3-2-8-18-9-10/h1-5,8-9H,6-7H2,(H,19,20). The first-order valence-electron chi connectivity index (χ1n) is 6.60. The molecule has 0 spiro atoms. The maximum atomic E-state index is 13.9. The molecule has 3 aromatic rings. The number of hydrogen-bond donors (Lipinski definition) is 1. The molecule has 4 heteroatoms. The Labute approximate surface area is 115 Å². The minimum atomic E-state index is -0.134. The van der Waals surface area contributed by atoms with Crippen LogP contribution in [0, 0.1) is 5.82 Å². The summed E-state index contributed by atoms with van der Waals surface area (Å²) in [6, 6.07) is 9.09. The summed E-state index contributed by atoms with van der Waals surface area (Å²) in [6.45, 7) is 0. The van der Waals surface area contributed by atoms with Crippen LogP contribution in [-0.2, 0) is 12.8 Å². The third-order valence-electron chi connectivity index (χ3n) is 3.82. The van der Waals surface area contributed by atoms with Crippen molar-refractivity contribution in [2.75, 3.05) is 0 Å². The number of hydrogen-bond acceptors (Lipinski definition) is 2. The van der Waals surface area contributed by atoms with Gasteiger partial charge in [-0.25, -0.2) is 4.39 Å². The van der Waals surface area contributed by atoms with Crippen LogP contribution in [0.1, 0.15) is 11.1 Å². The molecule has 3 nitrogen and oxygen atoms in total. The Kier molecular flexibility index (Phi) is 2.42. The van der Waals surface area contributed by atoms with Crippen LogP contribution in [0.5, 0.6) is 0 Å². The summed E-state index contributed by atoms with van der Waals surface area (Å²) in [7, 11) is 0. The maximum absolute atomic E-state index is 13.9. The van der Waals surface area contributed by atoms with E-state index in [0.29, 0.717) is 6.42 Å². The molecule has 0 saturated carbocycles. The van der Waals surface area contributed by atoms with Gasteiger partial charge in [-0.05, 0) is 36.6 Å². The second kappa shape index (κ2) is 4.27. The van der Waals surface area contributed by atoms with Crippen LogP contribution < -0.4 is 0 Å². The number of aromatic nitrogens is 3. The Balaban J connectivity index is 1.91. The first-order chi connectivity index (χ1) is 9.84. The van der Waals surface area contributed by atoms with E-state index in [2.05, 4.69) is 15.2 Å². The highest BCUT2D eigenvalue weighted by atomic mass is 19.1. The van der Waals surface area contributed by atoms with E-state index in [0.717, 1.165) is 40.1 Å². The Morgan fingerprint density at radius 1 is 1.05 bits per heavy atom. The first kappa shape index (κ1) is 11.3.